The first-order valence-corrected chi connectivity index (χ1v) is 6.36. The van der Waals surface area contributed by atoms with Gasteiger partial charge in [0.1, 0.15) is 5.75 Å². The lowest BCUT2D eigenvalue weighted by Crippen LogP contribution is -2.21. The summed E-state index contributed by atoms with van der Waals surface area (Å²) < 4.78 is 0. The Hall–Kier alpha value is -2.35. The zero-order chi connectivity index (χ0) is 14.4. The highest BCUT2D eigenvalue weighted by atomic mass is 16.3. The van der Waals surface area contributed by atoms with Crippen LogP contribution in [-0.4, -0.2) is 16.8 Å². The van der Waals surface area contributed by atoms with Gasteiger partial charge < -0.3 is 15.5 Å². The second-order valence-corrected chi connectivity index (χ2v) is 4.51. The van der Waals surface area contributed by atoms with Crippen molar-refractivity contribution in [1.29, 1.82) is 5.26 Å². The number of nitrogens with zero attached hydrogens (tertiary/aromatic N) is 1. The molecular formula is C16H16N2O2. The highest BCUT2D eigenvalue weighted by Gasteiger charge is 2.07. The third-order valence-electron chi connectivity index (χ3n) is 3.07. The first kappa shape index (κ1) is 14.1. The van der Waals surface area contributed by atoms with Gasteiger partial charge in [-0.25, -0.2) is 0 Å². The molecule has 0 amide bonds. The fraction of sp³-hybridized carbons (Fsp3) is 0.188. The minimum Gasteiger partial charge on any atom is -0.508 e. The monoisotopic (exact) mass is 268 g/mol. The predicted molar refractivity (Wildman–Crippen MR) is 75.9 cm³/mol. The van der Waals surface area contributed by atoms with Crippen LogP contribution in [0.4, 0.5) is 0 Å². The van der Waals surface area contributed by atoms with Crippen molar-refractivity contribution in [3.63, 3.8) is 0 Å². The number of aromatic hydroxyl groups is 1. The number of nitrogens with one attached hydrogen (secondary N) is 1. The molecule has 2 aromatic rings. The quantitative estimate of drug-likeness (QED) is 0.776. The van der Waals surface area contributed by atoms with Crippen LogP contribution in [0.3, 0.4) is 0 Å². The van der Waals surface area contributed by atoms with E-state index in [4.69, 9.17) is 5.26 Å². The summed E-state index contributed by atoms with van der Waals surface area (Å²) in [7, 11) is 0. The third kappa shape index (κ3) is 3.58. The lowest BCUT2D eigenvalue weighted by Gasteiger charge is -2.12. The van der Waals surface area contributed by atoms with E-state index >= 15 is 0 Å². The first-order valence-electron chi connectivity index (χ1n) is 6.36. The van der Waals surface area contributed by atoms with Crippen LogP contribution < -0.4 is 5.32 Å². The molecule has 0 aliphatic rings. The molecule has 0 aliphatic carbocycles. The number of benzene rings is 2. The molecule has 3 N–H and O–H groups in total. The van der Waals surface area contributed by atoms with E-state index in [1.165, 1.54) is 0 Å². The molecular weight excluding hydrogens is 252 g/mol. The maximum atomic E-state index is 10.0. The lowest BCUT2D eigenvalue weighted by molar-refractivity contribution is 0.174. The molecule has 0 saturated heterocycles. The molecule has 0 radical (unpaired) electrons. The minimum atomic E-state index is -0.645. The number of hydrogen-bond donors (Lipinski definition) is 3. The number of hydrogen-bond acceptors (Lipinski definition) is 4. The van der Waals surface area contributed by atoms with Crippen molar-refractivity contribution in [2.24, 2.45) is 0 Å². The zero-order valence-electron chi connectivity index (χ0n) is 11.0. The maximum absolute atomic E-state index is 10.0. The molecule has 4 nitrogen and oxygen atoms in total. The van der Waals surface area contributed by atoms with Gasteiger partial charge in [-0.2, -0.15) is 5.26 Å². The average molecular weight is 268 g/mol. The van der Waals surface area contributed by atoms with Crippen LogP contribution in [0.25, 0.3) is 0 Å². The van der Waals surface area contributed by atoms with Crippen molar-refractivity contribution in [2.45, 2.75) is 12.6 Å². The second-order valence-electron chi connectivity index (χ2n) is 4.51. The number of phenolic OH excluding ortho intramolecular Hbond substituents is 1. The minimum absolute atomic E-state index is 0.243. The molecule has 0 spiro atoms. The van der Waals surface area contributed by atoms with Crippen molar-refractivity contribution in [3.8, 4) is 11.8 Å². The molecule has 2 aromatic carbocycles. The predicted octanol–water partition coefficient (Wildman–Crippen LogP) is 2.09. The van der Waals surface area contributed by atoms with Crippen LogP contribution in [0.5, 0.6) is 5.75 Å². The van der Waals surface area contributed by atoms with E-state index in [9.17, 15) is 10.2 Å². The van der Waals surface area contributed by atoms with E-state index in [2.05, 4.69) is 5.32 Å². The number of nitriles is 1. The number of aliphatic hydroxyl groups is 1. The fourth-order valence-electron chi connectivity index (χ4n) is 1.90. The summed E-state index contributed by atoms with van der Waals surface area (Å²) in [5.41, 5.74) is 2.12. The Balaban J connectivity index is 1.87. The van der Waals surface area contributed by atoms with Gasteiger partial charge in [0.15, 0.2) is 0 Å². The van der Waals surface area contributed by atoms with Gasteiger partial charge in [0.2, 0.25) is 0 Å². The van der Waals surface area contributed by atoms with Crippen LogP contribution in [0.1, 0.15) is 22.8 Å². The van der Waals surface area contributed by atoms with E-state index < -0.39 is 6.10 Å². The second kappa shape index (κ2) is 6.71. The Morgan fingerprint density at radius 3 is 2.45 bits per heavy atom. The molecule has 0 aromatic heterocycles. The Kier molecular flexibility index (Phi) is 4.72. The summed E-state index contributed by atoms with van der Waals surface area (Å²) in [5, 5.41) is 31.4. The summed E-state index contributed by atoms with van der Waals surface area (Å²) in [4.78, 5) is 0. The smallest absolute Gasteiger partial charge is 0.120 e. The largest absolute Gasteiger partial charge is 0.508 e. The van der Waals surface area contributed by atoms with E-state index in [1.807, 2.05) is 18.2 Å². The van der Waals surface area contributed by atoms with E-state index in [-0.39, 0.29) is 5.75 Å². The number of para-hydroxylation sites is 1. The summed E-state index contributed by atoms with van der Waals surface area (Å²) in [6.45, 7) is 0.861. The third-order valence-corrected chi connectivity index (χ3v) is 3.07. The molecule has 0 aliphatic heterocycles. The number of rotatable bonds is 5. The molecule has 1 atom stereocenters. The molecule has 0 bridgehead atoms. The molecule has 2 rings (SSSR count). The maximum Gasteiger partial charge on any atom is 0.120 e. The van der Waals surface area contributed by atoms with Crippen LogP contribution in [0.15, 0.2) is 48.5 Å². The molecule has 0 fully saturated rings. The Bertz CT molecular complexity index is 603. The summed E-state index contributed by atoms with van der Waals surface area (Å²) >= 11 is 0. The first-order chi connectivity index (χ1) is 9.70. The van der Waals surface area contributed by atoms with Crippen molar-refractivity contribution in [3.05, 3.63) is 65.2 Å². The topological polar surface area (TPSA) is 76.3 Å². The fourth-order valence-corrected chi connectivity index (χ4v) is 1.90. The highest BCUT2D eigenvalue weighted by molar-refractivity contribution is 5.33. The molecule has 0 heterocycles. The van der Waals surface area contributed by atoms with Crippen molar-refractivity contribution < 1.29 is 10.2 Å². The molecule has 4 heteroatoms. The highest BCUT2D eigenvalue weighted by Crippen LogP contribution is 2.16. The Morgan fingerprint density at radius 1 is 1.10 bits per heavy atom. The van der Waals surface area contributed by atoms with Crippen LogP contribution in [0.2, 0.25) is 0 Å². The lowest BCUT2D eigenvalue weighted by atomic mass is 10.1. The summed E-state index contributed by atoms with van der Waals surface area (Å²) in [6.07, 6.45) is -0.645. The normalized spacial score (nSPS) is 11.8. The van der Waals surface area contributed by atoms with Crippen molar-refractivity contribution in [2.75, 3.05) is 6.54 Å². The van der Waals surface area contributed by atoms with Crippen LogP contribution >= 0.6 is 0 Å². The number of phenols is 1. The van der Waals surface area contributed by atoms with Crippen LogP contribution in [-0.2, 0) is 6.54 Å². The van der Waals surface area contributed by atoms with Gasteiger partial charge in [-0.15, -0.1) is 0 Å². The molecule has 102 valence electrons. The summed E-state index contributed by atoms with van der Waals surface area (Å²) in [6, 6.07) is 16.0. The van der Waals surface area contributed by atoms with E-state index in [1.54, 1.807) is 36.4 Å². The van der Waals surface area contributed by atoms with Crippen molar-refractivity contribution in [1.82, 2.24) is 5.32 Å². The average Bonchev–Trinajstić information content (AvgIpc) is 2.49. The molecule has 20 heavy (non-hydrogen) atoms. The van der Waals surface area contributed by atoms with Gasteiger partial charge >= 0.3 is 0 Å². The van der Waals surface area contributed by atoms with Gasteiger partial charge in [0.05, 0.1) is 17.7 Å². The zero-order valence-corrected chi connectivity index (χ0v) is 11.0. The van der Waals surface area contributed by atoms with Crippen molar-refractivity contribution >= 4 is 0 Å². The van der Waals surface area contributed by atoms with E-state index in [0.29, 0.717) is 18.7 Å². The summed E-state index contributed by atoms with van der Waals surface area (Å²) in [5.74, 6) is 0.243. The van der Waals surface area contributed by atoms with Gasteiger partial charge in [0, 0.05) is 18.7 Å². The van der Waals surface area contributed by atoms with Crippen LogP contribution in [0, 0.1) is 11.3 Å². The molecule has 0 saturated carbocycles. The number of aliphatic hydroxyl groups excluding tert-OH is 1. The van der Waals surface area contributed by atoms with E-state index in [0.717, 1.165) is 11.1 Å². The van der Waals surface area contributed by atoms with Gasteiger partial charge in [-0.1, -0.05) is 30.3 Å². The standard InChI is InChI=1S/C16H16N2O2/c17-9-12-5-7-13(8-6-12)16(20)11-18-10-14-3-1-2-4-15(14)19/h1-8,16,18-20H,10-11H2. The molecule has 1 unspecified atom stereocenters. The SMILES string of the molecule is N#Cc1ccc(C(O)CNCc2ccccc2O)cc1. The Morgan fingerprint density at radius 2 is 1.80 bits per heavy atom. The van der Waals surface area contributed by atoms with Gasteiger partial charge in [-0.05, 0) is 23.8 Å². The van der Waals surface area contributed by atoms with Gasteiger partial charge in [0.25, 0.3) is 0 Å². The Labute approximate surface area is 117 Å². The van der Waals surface area contributed by atoms with Gasteiger partial charge in [-0.3, -0.25) is 0 Å².